The summed E-state index contributed by atoms with van der Waals surface area (Å²) >= 11 is 0. The summed E-state index contributed by atoms with van der Waals surface area (Å²) < 4.78 is 11.7. The van der Waals surface area contributed by atoms with E-state index in [-0.39, 0.29) is 11.1 Å². The lowest BCUT2D eigenvalue weighted by Gasteiger charge is -2.38. The predicted molar refractivity (Wildman–Crippen MR) is 89.5 cm³/mol. The fourth-order valence-electron chi connectivity index (χ4n) is 2.16. The van der Waals surface area contributed by atoms with E-state index in [1.54, 1.807) is 0 Å². The van der Waals surface area contributed by atoms with Crippen LogP contribution in [0.4, 0.5) is 4.79 Å². The van der Waals surface area contributed by atoms with E-state index in [1.807, 2.05) is 20.8 Å². The molecule has 0 spiro atoms. The number of likely N-dealkylation sites (tertiary alicyclic amines) is 1. The molecule has 1 saturated heterocycles. The van der Waals surface area contributed by atoms with Crippen molar-refractivity contribution >= 4 is 20.7 Å². The molecule has 1 heterocycles. The quantitative estimate of drug-likeness (QED) is 0.586. The van der Waals surface area contributed by atoms with Crippen LogP contribution in [0.25, 0.3) is 0 Å². The normalized spacial score (nSPS) is 23.5. The molecule has 1 fully saturated rings. The standard InChI is InChI=1S/C16H31NO4Si/c1-15(2,3)20-14(19)17-10-13(9-12(17)11-18)21-22(7,8)16(4,5)6/h11-13H,9-10H2,1-8H3/t12?,13-/m0/s1. The van der Waals surface area contributed by atoms with Gasteiger partial charge in [0.05, 0.1) is 12.1 Å². The van der Waals surface area contributed by atoms with Crippen LogP contribution in [0.15, 0.2) is 0 Å². The summed E-state index contributed by atoms with van der Waals surface area (Å²) in [7, 11) is -1.92. The lowest BCUT2D eigenvalue weighted by atomic mass is 10.2. The molecule has 0 aromatic rings. The number of amides is 1. The summed E-state index contributed by atoms with van der Waals surface area (Å²) in [5.74, 6) is 0. The van der Waals surface area contributed by atoms with Gasteiger partial charge in [0.2, 0.25) is 0 Å². The lowest BCUT2D eigenvalue weighted by molar-refractivity contribution is -0.111. The van der Waals surface area contributed by atoms with Gasteiger partial charge in [0.15, 0.2) is 8.32 Å². The van der Waals surface area contributed by atoms with Crippen LogP contribution in [0.2, 0.25) is 18.1 Å². The topological polar surface area (TPSA) is 55.8 Å². The first-order chi connectivity index (χ1) is 9.77. The molecule has 1 aliphatic rings. The van der Waals surface area contributed by atoms with Crippen LogP contribution in [0.3, 0.4) is 0 Å². The van der Waals surface area contributed by atoms with Crippen molar-refractivity contribution in [3.05, 3.63) is 0 Å². The second kappa shape index (κ2) is 6.32. The lowest BCUT2D eigenvalue weighted by Crippen LogP contribution is -2.45. The van der Waals surface area contributed by atoms with E-state index < -0.39 is 26.1 Å². The molecule has 0 aliphatic carbocycles. The van der Waals surface area contributed by atoms with Gasteiger partial charge in [0, 0.05) is 13.0 Å². The number of nitrogens with zero attached hydrogens (tertiary/aromatic N) is 1. The van der Waals surface area contributed by atoms with E-state index in [1.165, 1.54) is 4.90 Å². The maximum absolute atomic E-state index is 12.2. The Bertz CT molecular complexity index is 423. The Morgan fingerprint density at radius 1 is 1.18 bits per heavy atom. The molecule has 0 N–H and O–H groups in total. The number of ether oxygens (including phenoxy) is 1. The smallest absolute Gasteiger partial charge is 0.410 e. The molecule has 5 nitrogen and oxygen atoms in total. The van der Waals surface area contributed by atoms with Gasteiger partial charge in [-0.3, -0.25) is 4.90 Å². The number of rotatable bonds is 3. The fraction of sp³-hybridized carbons (Fsp3) is 0.875. The van der Waals surface area contributed by atoms with Gasteiger partial charge < -0.3 is 14.0 Å². The summed E-state index contributed by atoms with van der Waals surface area (Å²) in [5.41, 5.74) is -0.567. The average molecular weight is 330 g/mol. The summed E-state index contributed by atoms with van der Waals surface area (Å²) in [5, 5.41) is 0.100. The van der Waals surface area contributed by atoms with Gasteiger partial charge in [-0.1, -0.05) is 20.8 Å². The molecule has 1 aliphatic heterocycles. The number of hydrogen-bond donors (Lipinski definition) is 0. The van der Waals surface area contributed by atoms with Crippen LogP contribution >= 0.6 is 0 Å². The van der Waals surface area contributed by atoms with Crippen LogP contribution in [0.5, 0.6) is 0 Å². The molecule has 1 amide bonds. The van der Waals surface area contributed by atoms with Crippen molar-refractivity contribution in [3.63, 3.8) is 0 Å². The SMILES string of the molecule is CC(C)(C)OC(=O)N1C[C@@H](O[Si](C)(C)C(C)(C)C)CC1C=O. The van der Waals surface area contributed by atoms with Crippen LogP contribution in [-0.2, 0) is 14.0 Å². The maximum Gasteiger partial charge on any atom is 0.410 e. The summed E-state index contributed by atoms with van der Waals surface area (Å²) in [6.45, 7) is 16.8. The van der Waals surface area contributed by atoms with Crippen LogP contribution in [0.1, 0.15) is 48.0 Å². The Labute approximate surface area is 135 Å². The van der Waals surface area contributed by atoms with Gasteiger partial charge in [-0.2, -0.15) is 0 Å². The van der Waals surface area contributed by atoms with E-state index >= 15 is 0 Å². The summed E-state index contributed by atoms with van der Waals surface area (Å²) in [6, 6.07) is -0.454. The Balaban J connectivity index is 2.77. The van der Waals surface area contributed by atoms with Crippen molar-refractivity contribution in [2.45, 2.75) is 83.8 Å². The van der Waals surface area contributed by atoms with Crippen LogP contribution in [-0.4, -0.2) is 49.9 Å². The van der Waals surface area contributed by atoms with Gasteiger partial charge in [0.25, 0.3) is 0 Å². The van der Waals surface area contributed by atoms with E-state index in [2.05, 4.69) is 33.9 Å². The number of aldehydes is 1. The van der Waals surface area contributed by atoms with Crippen molar-refractivity contribution in [2.24, 2.45) is 0 Å². The Hall–Kier alpha value is -0.883. The molecule has 22 heavy (non-hydrogen) atoms. The van der Waals surface area contributed by atoms with Gasteiger partial charge >= 0.3 is 6.09 Å². The molecule has 1 unspecified atom stereocenters. The predicted octanol–water partition coefficient (Wildman–Crippen LogP) is 3.59. The minimum Gasteiger partial charge on any atom is -0.444 e. The van der Waals surface area contributed by atoms with Crippen LogP contribution in [0, 0.1) is 0 Å². The van der Waals surface area contributed by atoms with Gasteiger partial charge in [-0.15, -0.1) is 0 Å². The zero-order valence-corrected chi connectivity index (χ0v) is 16.2. The molecule has 0 radical (unpaired) electrons. The molecule has 0 bridgehead atoms. The average Bonchev–Trinajstić information content (AvgIpc) is 2.67. The van der Waals surface area contributed by atoms with Crippen molar-refractivity contribution in [1.29, 1.82) is 0 Å². The monoisotopic (exact) mass is 329 g/mol. The molecular weight excluding hydrogens is 298 g/mol. The van der Waals surface area contributed by atoms with E-state index in [9.17, 15) is 9.59 Å². The summed E-state index contributed by atoms with van der Waals surface area (Å²) in [4.78, 5) is 25.0. The molecule has 0 aromatic heterocycles. The number of carbonyl (C=O) groups excluding carboxylic acids is 2. The second-order valence-corrected chi connectivity index (χ2v) is 13.3. The first-order valence-corrected chi connectivity index (χ1v) is 10.8. The van der Waals surface area contributed by atoms with Crippen molar-refractivity contribution in [1.82, 2.24) is 4.90 Å². The van der Waals surface area contributed by atoms with Crippen molar-refractivity contribution < 1.29 is 18.8 Å². The highest BCUT2D eigenvalue weighted by molar-refractivity contribution is 6.74. The third-order valence-electron chi connectivity index (χ3n) is 4.36. The second-order valence-electron chi connectivity index (χ2n) is 8.57. The van der Waals surface area contributed by atoms with Crippen molar-refractivity contribution in [3.8, 4) is 0 Å². The number of hydrogen-bond acceptors (Lipinski definition) is 4. The third-order valence-corrected chi connectivity index (χ3v) is 8.89. The fourth-order valence-corrected chi connectivity index (χ4v) is 3.52. The molecule has 0 aromatic carbocycles. The zero-order chi connectivity index (χ0) is 17.3. The molecule has 6 heteroatoms. The Morgan fingerprint density at radius 2 is 1.73 bits per heavy atom. The summed E-state index contributed by atoms with van der Waals surface area (Å²) in [6.07, 6.45) is 0.836. The highest BCUT2D eigenvalue weighted by Gasteiger charge is 2.44. The van der Waals surface area contributed by atoms with Gasteiger partial charge in [-0.05, 0) is 38.9 Å². The Morgan fingerprint density at radius 3 is 2.14 bits per heavy atom. The molecule has 0 saturated carbocycles. The largest absolute Gasteiger partial charge is 0.444 e. The highest BCUT2D eigenvalue weighted by Crippen LogP contribution is 2.38. The number of carbonyl (C=O) groups is 2. The van der Waals surface area contributed by atoms with E-state index in [0.29, 0.717) is 13.0 Å². The van der Waals surface area contributed by atoms with Crippen LogP contribution < -0.4 is 0 Å². The first kappa shape index (κ1) is 19.2. The zero-order valence-electron chi connectivity index (χ0n) is 15.2. The van der Waals surface area contributed by atoms with Gasteiger partial charge in [0.1, 0.15) is 11.9 Å². The Kier molecular flexibility index (Phi) is 5.50. The molecule has 2 atom stereocenters. The molecule has 1 rings (SSSR count). The maximum atomic E-state index is 12.2. The minimum absolute atomic E-state index is 0.0939. The minimum atomic E-state index is -1.92. The first-order valence-electron chi connectivity index (χ1n) is 7.89. The molecule has 128 valence electrons. The third kappa shape index (κ3) is 4.81. The van der Waals surface area contributed by atoms with Crippen molar-refractivity contribution in [2.75, 3.05) is 6.54 Å². The van der Waals surface area contributed by atoms with E-state index in [0.717, 1.165) is 6.29 Å². The highest BCUT2D eigenvalue weighted by atomic mass is 28.4. The molecular formula is C16H31NO4Si. The van der Waals surface area contributed by atoms with E-state index in [4.69, 9.17) is 9.16 Å². The van der Waals surface area contributed by atoms with Gasteiger partial charge in [-0.25, -0.2) is 4.79 Å².